The molecule has 2 unspecified atom stereocenters. The predicted octanol–water partition coefficient (Wildman–Crippen LogP) is 1.61. The predicted molar refractivity (Wildman–Crippen MR) is 72.4 cm³/mol. The zero-order valence-corrected chi connectivity index (χ0v) is 11.4. The summed E-state index contributed by atoms with van der Waals surface area (Å²) in [6.45, 7) is 3.90. The monoisotopic (exact) mass is 282 g/mol. The van der Waals surface area contributed by atoms with Gasteiger partial charge in [0.2, 0.25) is 0 Å². The molecule has 8 heteroatoms. The average Bonchev–Trinajstić information content (AvgIpc) is 2.37. The first kappa shape index (κ1) is 14.5. The van der Waals surface area contributed by atoms with E-state index in [0.29, 0.717) is 18.7 Å². The van der Waals surface area contributed by atoms with Gasteiger partial charge in [-0.05, 0) is 19.9 Å². The third-order valence-electron chi connectivity index (χ3n) is 3.12. The third kappa shape index (κ3) is 3.34. The maximum absolute atomic E-state index is 11.0. The Kier molecular flexibility index (Phi) is 4.35. The molecule has 2 heterocycles. The van der Waals surface area contributed by atoms with Crippen molar-refractivity contribution in [3.05, 3.63) is 22.2 Å². The second kappa shape index (κ2) is 6.02. The van der Waals surface area contributed by atoms with Crippen LogP contribution in [-0.2, 0) is 4.74 Å². The van der Waals surface area contributed by atoms with E-state index < -0.39 is 4.92 Å². The number of nitro groups is 1. The second-order valence-corrected chi connectivity index (χ2v) is 4.89. The molecule has 0 radical (unpaired) electrons. The van der Waals surface area contributed by atoms with Crippen LogP contribution in [0.25, 0.3) is 0 Å². The summed E-state index contributed by atoms with van der Waals surface area (Å²) in [4.78, 5) is 14.5. The van der Waals surface area contributed by atoms with Crippen LogP contribution in [0, 0.1) is 10.1 Å². The summed E-state index contributed by atoms with van der Waals surface area (Å²) < 4.78 is 11.3. The number of ether oxygens (including phenoxy) is 2. The lowest BCUT2D eigenvalue weighted by molar-refractivity contribution is -0.386. The van der Waals surface area contributed by atoms with Crippen LogP contribution in [-0.4, -0.2) is 28.2 Å². The standard InChI is InChI=1S/C12H18N4O4/c1-7-5-9(6-8(2)19-7)20-12-10(16(17)18)3-4-11(14-12)15-13/h3-4,7-9H,5-6,13H2,1-2H3,(H,14,15). The van der Waals surface area contributed by atoms with E-state index in [4.69, 9.17) is 15.3 Å². The molecule has 110 valence electrons. The highest BCUT2D eigenvalue weighted by Crippen LogP contribution is 2.30. The van der Waals surface area contributed by atoms with Gasteiger partial charge in [-0.15, -0.1) is 0 Å². The number of hydrogen-bond acceptors (Lipinski definition) is 7. The fraction of sp³-hybridized carbons (Fsp3) is 0.583. The summed E-state index contributed by atoms with van der Waals surface area (Å²) in [6.07, 6.45) is 1.29. The lowest BCUT2D eigenvalue weighted by atomic mass is 10.0. The molecule has 1 aliphatic heterocycles. The summed E-state index contributed by atoms with van der Waals surface area (Å²) in [5, 5.41) is 11.0. The van der Waals surface area contributed by atoms with E-state index in [1.54, 1.807) is 0 Å². The van der Waals surface area contributed by atoms with Crippen LogP contribution >= 0.6 is 0 Å². The first-order valence-electron chi connectivity index (χ1n) is 6.43. The van der Waals surface area contributed by atoms with E-state index >= 15 is 0 Å². The number of anilines is 1. The molecule has 1 aromatic heterocycles. The smallest absolute Gasteiger partial charge is 0.331 e. The molecule has 0 spiro atoms. The van der Waals surface area contributed by atoms with Gasteiger partial charge in [0.05, 0.1) is 17.1 Å². The van der Waals surface area contributed by atoms with Crippen molar-refractivity contribution in [2.75, 3.05) is 5.43 Å². The van der Waals surface area contributed by atoms with Crippen LogP contribution in [0.2, 0.25) is 0 Å². The van der Waals surface area contributed by atoms with Crippen molar-refractivity contribution in [1.82, 2.24) is 4.98 Å². The number of hydrazine groups is 1. The Morgan fingerprint density at radius 3 is 2.65 bits per heavy atom. The van der Waals surface area contributed by atoms with Crippen molar-refractivity contribution in [2.24, 2.45) is 5.84 Å². The Labute approximate surface area is 116 Å². The van der Waals surface area contributed by atoms with Gasteiger partial charge in [0.1, 0.15) is 11.9 Å². The number of pyridine rings is 1. The van der Waals surface area contributed by atoms with E-state index in [0.717, 1.165) is 0 Å². The topological polar surface area (TPSA) is 113 Å². The highest BCUT2D eigenvalue weighted by atomic mass is 16.6. The van der Waals surface area contributed by atoms with Crippen molar-refractivity contribution < 1.29 is 14.4 Å². The Bertz CT molecular complexity index is 486. The maximum atomic E-state index is 11.0. The van der Waals surface area contributed by atoms with Crippen molar-refractivity contribution in [1.29, 1.82) is 0 Å². The van der Waals surface area contributed by atoms with Crippen molar-refractivity contribution in [3.8, 4) is 5.88 Å². The van der Waals surface area contributed by atoms with Gasteiger partial charge in [-0.1, -0.05) is 0 Å². The third-order valence-corrected chi connectivity index (χ3v) is 3.12. The van der Waals surface area contributed by atoms with E-state index in [1.165, 1.54) is 12.1 Å². The van der Waals surface area contributed by atoms with E-state index in [1.807, 2.05) is 13.8 Å². The van der Waals surface area contributed by atoms with Gasteiger partial charge in [0.25, 0.3) is 5.88 Å². The molecular weight excluding hydrogens is 264 g/mol. The fourth-order valence-electron chi connectivity index (χ4n) is 2.34. The maximum Gasteiger partial charge on any atom is 0.331 e. The zero-order chi connectivity index (χ0) is 14.7. The molecule has 20 heavy (non-hydrogen) atoms. The van der Waals surface area contributed by atoms with Gasteiger partial charge < -0.3 is 14.9 Å². The average molecular weight is 282 g/mol. The molecule has 0 amide bonds. The van der Waals surface area contributed by atoms with E-state index in [-0.39, 0.29) is 29.9 Å². The minimum Gasteiger partial charge on any atom is -0.469 e. The first-order chi connectivity index (χ1) is 9.49. The van der Waals surface area contributed by atoms with Crippen LogP contribution in [0.4, 0.5) is 11.5 Å². The number of nitrogen functional groups attached to an aromatic ring is 1. The molecule has 2 atom stereocenters. The number of nitrogens with zero attached hydrogens (tertiary/aromatic N) is 2. The van der Waals surface area contributed by atoms with Crippen LogP contribution in [0.15, 0.2) is 12.1 Å². The molecule has 3 N–H and O–H groups in total. The van der Waals surface area contributed by atoms with Gasteiger partial charge in [-0.2, -0.15) is 4.98 Å². The van der Waals surface area contributed by atoms with Crippen LogP contribution in [0.5, 0.6) is 5.88 Å². The van der Waals surface area contributed by atoms with Gasteiger partial charge in [0.15, 0.2) is 0 Å². The fourth-order valence-corrected chi connectivity index (χ4v) is 2.34. The molecule has 0 saturated carbocycles. The summed E-state index contributed by atoms with van der Waals surface area (Å²) in [5.74, 6) is 5.57. The van der Waals surface area contributed by atoms with Gasteiger partial charge in [0, 0.05) is 18.9 Å². The molecule has 0 bridgehead atoms. The quantitative estimate of drug-likeness (QED) is 0.490. The number of nitrogens with one attached hydrogen (secondary N) is 1. The van der Waals surface area contributed by atoms with Gasteiger partial charge in [-0.3, -0.25) is 10.1 Å². The number of nitrogens with two attached hydrogens (primary N) is 1. The second-order valence-electron chi connectivity index (χ2n) is 4.89. The van der Waals surface area contributed by atoms with E-state index in [9.17, 15) is 10.1 Å². The Hall–Kier alpha value is -1.93. The summed E-state index contributed by atoms with van der Waals surface area (Å²) in [7, 11) is 0. The molecule has 0 aliphatic carbocycles. The lowest BCUT2D eigenvalue weighted by Crippen LogP contribution is -2.36. The number of hydrogen-bond donors (Lipinski definition) is 2. The lowest BCUT2D eigenvalue weighted by Gasteiger charge is -2.31. The molecule has 1 saturated heterocycles. The summed E-state index contributed by atoms with van der Waals surface area (Å²) in [5.41, 5.74) is 2.18. The van der Waals surface area contributed by atoms with Crippen LogP contribution in [0.1, 0.15) is 26.7 Å². The number of aromatic nitrogens is 1. The van der Waals surface area contributed by atoms with Crippen molar-refractivity contribution >= 4 is 11.5 Å². The highest BCUT2D eigenvalue weighted by Gasteiger charge is 2.28. The summed E-state index contributed by atoms with van der Waals surface area (Å²) in [6, 6.07) is 2.75. The normalized spacial score (nSPS) is 26.1. The van der Waals surface area contributed by atoms with Gasteiger partial charge in [-0.25, -0.2) is 5.84 Å². The Balaban J connectivity index is 2.20. The SMILES string of the molecule is CC1CC(Oc2nc(NN)ccc2[N+](=O)[O-])CC(C)O1. The molecule has 8 nitrogen and oxygen atoms in total. The highest BCUT2D eigenvalue weighted by molar-refractivity contribution is 5.48. The molecule has 1 fully saturated rings. The van der Waals surface area contributed by atoms with Crippen molar-refractivity contribution in [2.45, 2.75) is 45.0 Å². The largest absolute Gasteiger partial charge is 0.469 e. The molecule has 1 aromatic rings. The molecule has 1 aliphatic rings. The van der Waals surface area contributed by atoms with Crippen LogP contribution in [0.3, 0.4) is 0 Å². The minimum atomic E-state index is -0.519. The van der Waals surface area contributed by atoms with E-state index in [2.05, 4.69) is 10.4 Å². The Morgan fingerprint density at radius 1 is 1.45 bits per heavy atom. The van der Waals surface area contributed by atoms with Crippen LogP contribution < -0.4 is 16.0 Å². The Morgan fingerprint density at radius 2 is 2.10 bits per heavy atom. The molecule has 0 aromatic carbocycles. The molecular formula is C12H18N4O4. The minimum absolute atomic E-state index is 0.0169. The van der Waals surface area contributed by atoms with Gasteiger partial charge >= 0.3 is 5.69 Å². The summed E-state index contributed by atoms with van der Waals surface area (Å²) >= 11 is 0. The number of rotatable bonds is 4. The van der Waals surface area contributed by atoms with Crippen molar-refractivity contribution in [3.63, 3.8) is 0 Å². The zero-order valence-electron chi connectivity index (χ0n) is 11.4. The first-order valence-corrected chi connectivity index (χ1v) is 6.43. The molecule has 2 rings (SSSR count).